The third-order valence-electron chi connectivity index (χ3n) is 4.83. The Morgan fingerprint density at radius 1 is 1.09 bits per heavy atom. The molecule has 0 aliphatic carbocycles. The van der Waals surface area contributed by atoms with Crippen LogP contribution in [0.4, 0.5) is 9.80 Å². The van der Waals surface area contributed by atoms with Crippen LogP contribution in [0.1, 0.15) is 45.0 Å². The van der Waals surface area contributed by atoms with E-state index in [1.165, 1.54) is 35.6 Å². The molecule has 0 unspecified atom stereocenters. The Labute approximate surface area is 190 Å². The number of ether oxygens (including phenoxy) is 2. The highest BCUT2D eigenvalue weighted by atomic mass is 32.2. The summed E-state index contributed by atoms with van der Waals surface area (Å²) in [6.45, 7) is 4.52. The Balaban J connectivity index is 1.89. The van der Waals surface area contributed by atoms with E-state index in [1.54, 1.807) is 18.7 Å². The number of carbonyl (C=O) groups excluding carboxylic acids is 3. The minimum Gasteiger partial charge on any atom is -0.462 e. The van der Waals surface area contributed by atoms with Crippen LogP contribution in [0.2, 0.25) is 0 Å². The van der Waals surface area contributed by atoms with Crippen LogP contribution in [0.15, 0.2) is 29.2 Å². The molecule has 172 valence electrons. The predicted molar refractivity (Wildman–Crippen MR) is 119 cm³/mol. The second-order valence-corrected chi connectivity index (χ2v) is 10.2. The van der Waals surface area contributed by atoms with Crippen LogP contribution in [0.3, 0.4) is 0 Å². The van der Waals surface area contributed by atoms with Crippen molar-refractivity contribution >= 4 is 44.1 Å². The molecule has 0 fully saturated rings. The molecule has 0 spiro atoms. The van der Waals surface area contributed by atoms with Crippen molar-refractivity contribution in [1.82, 2.24) is 4.90 Å². The summed E-state index contributed by atoms with van der Waals surface area (Å²) in [6, 6.07) is 5.53. The fourth-order valence-corrected chi connectivity index (χ4v) is 5.19. The van der Waals surface area contributed by atoms with E-state index in [0.717, 1.165) is 16.7 Å². The molecule has 1 N–H and O–H groups in total. The Morgan fingerprint density at radius 3 is 2.34 bits per heavy atom. The first kappa shape index (κ1) is 23.7. The molecule has 0 bridgehead atoms. The average Bonchev–Trinajstić information content (AvgIpc) is 3.10. The molecule has 0 saturated heterocycles. The second-order valence-electron chi connectivity index (χ2n) is 7.05. The zero-order valence-electron chi connectivity index (χ0n) is 18.0. The van der Waals surface area contributed by atoms with E-state index < -0.39 is 27.8 Å². The number of nitrogens with one attached hydrogen (secondary N) is 1. The molecule has 1 aliphatic heterocycles. The second kappa shape index (κ2) is 9.70. The number of sulfone groups is 1. The van der Waals surface area contributed by atoms with Gasteiger partial charge in [-0.1, -0.05) is 0 Å². The van der Waals surface area contributed by atoms with Crippen molar-refractivity contribution in [1.29, 1.82) is 0 Å². The summed E-state index contributed by atoms with van der Waals surface area (Å²) in [5.74, 6) is -1.03. The fraction of sp³-hybridized carbons (Fsp3) is 0.381. The van der Waals surface area contributed by atoms with E-state index in [4.69, 9.17) is 9.47 Å². The van der Waals surface area contributed by atoms with E-state index in [1.807, 2.05) is 0 Å². The van der Waals surface area contributed by atoms with Gasteiger partial charge in [-0.15, -0.1) is 11.3 Å². The molecule has 11 heteroatoms. The Hall–Kier alpha value is -2.92. The molecular weight excluding hydrogens is 456 g/mol. The minimum atomic E-state index is -3.38. The molecule has 0 radical (unpaired) electrons. The Morgan fingerprint density at radius 2 is 1.75 bits per heavy atom. The van der Waals surface area contributed by atoms with Gasteiger partial charge in [0.05, 0.1) is 30.2 Å². The summed E-state index contributed by atoms with van der Waals surface area (Å²) in [6.07, 6.45) is 1.09. The summed E-state index contributed by atoms with van der Waals surface area (Å²) in [5.41, 5.74) is 1.28. The van der Waals surface area contributed by atoms with Gasteiger partial charge >= 0.3 is 12.1 Å². The number of nitrogens with zero attached hydrogens (tertiary/aromatic N) is 1. The first-order chi connectivity index (χ1) is 15.2. The number of amides is 2. The van der Waals surface area contributed by atoms with Gasteiger partial charge in [-0.3, -0.25) is 4.79 Å². The molecule has 1 aromatic heterocycles. The maximum atomic E-state index is 12.8. The maximum absolute atomic E-state index is 12.8. The van der Waals surface area contributed by atoms with Crippen molar-refractivity contribution in [3.8, 4) is 0 Å². The van der Waals surface area contributed by atoms with Gasteiger partial charge in [-0.2, -0.15) is 0 Å². The number of fused-ring (bicyclic) bond motifs is 1. The lowest BCUT2D eigenvalue weighted by Gasteiger charge is -2.26. The standard InChI is InChI=1S/C21H24N2O7S2/c1-4-29-20(25)17-15-10-11-23(21(26)30-5-2)12-16(15)31-19(17)22-18(24)13-6-8-14(9-7-13)32(3,27)28/h6-9H,4-5,10-12H2,1-3H3,(H,22,24). The molecule has 0 saturated carbocycles. The number of anilines is 1. The fourth-order valence-electron chi connectivity index (χ4n) is 3.31. The average molecular weight is 481 g/mol. The van der Waals surface area contributed by atoms with Crippen molar-refractivity contribution < 1.29 is 32.3 Å². The van der Waals surface area contributed by atoms with Gasteiger partial charge in [-0.05, 0) is 50.1 Å². The van der Waals surface area contributed by atoms with Crippen LogP contribution in [0.5, 0.6) is 0 Å². The van der Waals surface area contributed by atoms with Crippen molar-refractivity contribution in [2.75, 3.05) is 31.3 Å². The molecule has 2 aromatic rings. The smallest absolute Gasteiger partial charge is 0.410 e. The van der Waals surface area contributed by atoms with Gasteiger partial charge in [0.2, 0.25) is 0 Å². The first-order valence-corrected chi connectivity index (χ1v) is 12.7. The lowest BCUT2D eigenvalue weighted by molar-refractivity contribution is 0.0526. The number of esters is 1. The van der Waals surface area contributed by atoms with Gasteiger partial charge in [0.25, 0.3) is 5.91 Å². The van der Waals surface area contributed by atoms with Crippen LogP contribution in [-0.4, -0.2) is 57.3 Å². The number of rotatable bonds is 6. The molecular formula is C21H24N2O7S2. The maximum Gasteiger partial charge on any atom is 0.410 e. The topological polar surface area (TPSA) is 119 Å². The Kier molecular flexibility index (Phi) is 7.19. The number of carbonyl (C=O) groups is 3. The van der Waals surface area contributed by atoms with Gasteiger partial charge in [0.15, 0.2) is 9.84 Å². The van der Waals surface area contributed by atoms with Crippen LogP contribution in [0, 0.1) is 0 Å². The zero-order chi connectivity index (χ0) is 23.5. The lowest BCUT2D eigenvalue weighted by Crippen LogP contribution is -2.36. The van der Waals surface area contributed by atoms with Crippen molar-refractivity contribution in [3.05, 3.63) is 45.8 Å². The predicted octanol–water partition coefficient (Wildman–Crippen LogP) is 3.10. The van der Waals surface area contributed by atoms with Crippen LogP contribution >= 0.6 is 11.3 Å². The number of hydrogen-bond donors (Lipinski definition) is 1. The number of hydrogen-bond acceptors (Lipinski definition) is 8. The summed E-state index contributed by atoms with van der Waals surface area (Å²) in [7, 11) is -3.38. The quantitative estimate of drug-likeness (QED) is 0.631. The SMILES string of the molecule is CCOC(=O)c1c(NC(=O)c2ccc(S(C)(=O)=O)cc2)sc2c1CCN(C(=O)OCC)C2. The van der Waals surface area contributed by atoms with Crippen molar-refractivity contribution in [3.63, 3.8) is 0 Å². The summed E-state index contributed by atoms with van der Waals surface area (Å²) >= 11 is 1.21. The van der Waals surface area contributed by atoms with Crippen LogP contribution in [-0.2, 0) is 32.3 Å². The lowest BCUT2D eigenvalue weighted by atomic mass is 10.0. The molecule has 1 aliphatic rings. The van der Waals surface area contributed by atoms with E-state index in [0.29, 0.717) is 18.0 Å². The monoisotopic (exact) mass is 480 g/mol. The number of thiophene rings is 1. The third-order valence-corrected chi connectivity index (χ3v) is 7.09. The van der Waals surface area contributed by atoms with Crippen molar-refractivity contribution in [2.24, 2.45) is 0 Å². The molecule has 2 heterocycles. The van der Waals surface area contributed by atoms with Crippen LogP contribution in [0.25, 0.3) is 0 Å². The molecule has 0 atom stereocenters. The first-order valence-electron chi connectivity index (χ1n) is 10.0. The minimum absolute atomic E-state index is 0.104. The summed E-state index contributed by atoms with van der Waals surface area (Å²) in [4.78, 5) is 40.0. The largest absolute Gasteiger partial charge is 0.462 e. The third kappa shape index (κ3) is 5.10. The Bertz CT molecular complexity index is 1140. The molecule has 1 aromatic carbocycles. The van der Waals surface area contributed by atoms with Gasteiger partial charge in [-0.25, -0.2) is 18.0 Å². The highest BCUT2D eigenvalue weighted by Crippen LogP contribution is 2.38. The van der Waals surface area contributed by atoms with Crippen molar-refractivity contribution in [2.45, 2.75) is 31.7 Å². The molecule has 9 nitrogen and oxygen atoms in total. The molecule has 2 amide bonds. The van der Waals surface area contributed by atoms with E-state index >= 15 is 0 Å². The number of benzene rings is 1. The van der Waals surface area contributed by atoms with Crippen LogP contribution < -0.4 is 5.32 Å². The summed E-state index contributed by atoms with van der Waals surface area (Å²) < 4.78 is 33.5. The van der Waals surface area contributed by atoms with E-state index in [-0.39, 0.29) is 35.8 Å². The van der Waals surface area contributed by atoms with E-state index in [2.05, 4.69) is 5.32 Å². The molecule has 32 heavy (non-hydrogen) atoms. The summed E-state index contributed by atoms with van der Waals surface area (Å²) in [5, 5.41) is 3.08. The normalized spacial score (nSPS) is 13.3. The zero-order valence-corrected chi connectivity index (χ0v) is 19.6. The van der Waals surface area contributed by atoms with Gasteiger partial charge in [0.1, 0.15) is 5.00 Å². The van der Waals surface area contributed by atoms with Gasteiger partial charge < -0.3 is 19.7 Å². The van der Waals surface area contributed by atoms with E-state index in [9.17, 15) is 22.8 Å². The van der Waals surface area contributed by atoms with Gasteiger partial charge in [0, 0.05) is 23.2 Å². The highest BCUT2D eigenvalue weighted by Gasteiger charge is 2.31. The molecule has 3 rings (SSSR count). The highest BCUT2D eigenvalue weighted by molar-refractivity contribution is 7.90.